The van der Waals surface area contributed by atoms with Gasteiger partial charge in [-0.05, 0) is 41.6 Å². The molecule has 1 fully saturated rings. The number of anilines is 1. The van der Waals surface area contributed by atoms with Crippen LogP contribution in [0.4, 0.5) is 5.82 Å². The Morgan fingerprint density at radius 1 is 1.67 bits per heavy atom. The van der Waals surface area contributed by atoms with Gasteiger partial charge < -0.3 is 9.88 Å². The normalized spacial score (nSPS) is 15.3. The van der Waals surface area contributed by atoms with Gasteiger partial charge in [0, 0.05) is 13.1 Å². The molecule has 0 aliphatic heterocycles. The largest absolute Gasteiger partial charge is 0.355 e. The lowest BCUT2D eigenvalue weighted by molar-refractivity contribution is 0.727. The second-order valence-corrected chi connectivity index (χ2v) is 4.64. The molecule has 1 N–H and O–H groups in total. The Bertz CT molecular complexity index is 400. The molecule has 2 rings (SSSR count). The Labute approximate surface area is 96.8 Å². The van der Waals surface area contributed by atoms with Crippen molar-refractivity contribution >= 4 is 21.7 Å². The first-order chi connectivity index (χ1) is 7.22. The molecule has 4 nitrogen and oxygen atoms in total. The molecule has 0 saturated heterocycles. The zero-order chi connectivity index (χ0) is 10.8. The van der Waals surface area contributed by atoms with E-state index in [1.165, 1.54) is 19.2 Å². The molecule has 1 saturated carbocycles. The minimum Gasteiger partial charge on any atom is -0.355 e. The Kier molecular flexibility index (Phi) is 3.09. The first-order valence-corrected chi connectivity index (χ1v) is 5.99. The van der Waals surface area contributed by atoms with Gasteiger partial charge in [0.25, 0.3) is 5.56 Å². The van der Waals surface area contributed by atoms with Gasteiger partial charge in [-0.1, -0.05) is 0 Å². The second-order valence-electron chi connectivity index (χ2n) is 3.85. The maximum Gasteiger partial charge on any atom is 0.267 e. The molecule has 0 bridgehead atoms. The van der Waals surface area contributed by atoms with Gasteiger partial charge in [0.1, 0.15) is 10.3 Å². The maximum atomic E-state index is 11.4. The number of aromatic amines is 1. The van der Waals surface area contributed by atoms with E-state index in [-0.39, 0.29) is 5.56 Å². The molecule has 0 radical (unpaired) electrons. The zero-order valence-electron chi connectivity index (χ0n) is 8.66. The van der Waals surface area contributed by atoms with Gasteiger partial charge in [-0.3, -0.25) is 4.79 Å². The summed E-state index contributed by atoms with van der Waals surface area (Å²) in [5.41, 5.74) is -0.116. The number of halogens is 1. The summed E-state index contributed by atoms with van der Waals surface area (Å²) in [4.78, 5) is 20.3. The zero-order valence-corrected chi connectivity index (χ0v) is 10.2. The van der Waals surface area contributed by atoms with Crippen LogP contribution in [0, 0.1) is 5.92 Å². The van der Waals surface area contributed by atoms with Crippen LogP contribution < -0.4 is 10.5 Å². The van der Waals surface area contributed by atoms with Gasteiger partial charge in [0.2, 0.25) is 0 Å². The van der Waals surface area contributed by atoms with Crippen molar-refractivity contribution in [3.63, 3.8) is 0 Å². The number of hydrogen-bond acceptors (Lipinski definition) is 3. The molecular formula is C10H14BrN3O. The van der Waals surface area contributed by atoms with Crippen LogP contribution in [0.3, 0.4) is 0 Å². The van der Waals surface area contributed by atoms with Crippen molar-refractivity contribution in [1.82, 2.24) is 9.97 Å². The smallest absolute Gasteiger partial charge is 0.267 e. The summed E-state index contributed by atoms with van der Waals surface area (Å²) < 4.78 is 0.535. The molecule has 5 heteroatoms. The minimum absolute atomic E-state index is 0.116. The Balaban J connectivity index is 2.24. The lowest BCUT2D eigenvalue weighted by Gasteiger charge is -2.22. The van der Waals surface area contributed by atoms with Crippen molar-refractivity contribution in [2.24, 2.45) is 5.92 Å². The predicted molar refractivity (Wildman–Crippen MR) is 63.2 cm³/mol. The molecule has 0 amide bonds. The van der Waals surface area contributed by atoms with Crippen molar-refractivity contribution in [1.29, 1.82) is 0 Å². The van der Waals surface area contributed by atoms with E-state index < -0.39 is 0 Å². The van der Waals surface area contributed by atoms with Gasteiger partial charge >= 0.3 is 0 Å². The van der Waals surface area contributed by atoms with Crippen LogP contribution in [0.5, 0.6) is 0 Å². The van der Waals surface area contributed by atoms with Crippen molar-refractivity contribution in [2.45, 2.75) is 19.8 Å². The topological polar surface area (TPSA) is 49.0 Å². The fraction of sp³-hybridized carbons (Fsp3) is 0.600. The van der Waals surface area contributed by atoms with E-state index in [0.29, 0.717) is 4.47 Å². The highest BCUT2D eigenvalue weighted by atomic mass is 79.9. The monoisotopic (exact) mass is 271 g/mol. The third kappa shape index (κ3) is 2.40. The quantitative estimate of drug-likeness (QED) is 0.908. The van der Waals surface area contributed by atoms with Crippen molar-refractivity contribution in [2.75, 3.05) is 18.0 Å². The fourth-order valence-electron chi connectivity index (χ4n) is 1.57. The van der Waals surface area contributed by atoms with Crippen molar-refractivity contribution in [3.05, 3.63) is 21.2 Å². The molecule has 82 valence electrons. The van der Waals surface area contributed by atoms with Crippen LogP contribution in [-0.2, 0) is 0 Å². The third-order valence-corrected chi connectivity index (χ3v) is 3.35. The average Bonchev–Trinajstić information content (AvgIpc) is 3.03. The van der Waals surface area contributed by atoms with Crippen LogP contribution in [-0.4, -0.2) is 23.1 Å². The summed E-state index contributed by atoms with van der Waals surface area (Å²) >= 11 is 3.28. The Morgan fingerprint density at radius 2 is 2.40 bits per heavy atom. The number of nitrogens with zero attached hydrogens (tertiary/aromatic N) is 2. The number of aromatic nitrogens is 2. The number of rotatable bonds is 4. The molecule has 1 aliphatic rings. The van der Waals surface area contributed by atoms with E-state index in [9.17, 15) is 4.79 Å². The molecule has 0 atom stereocenters. The standard InChI is InChI=1S/C10H14BrN3O/c1-2-14(5-7-3-4-7)9-8(11)10(15)13-6-12-9/h6-7H,2-5H2,1H3,(H,12,13,15). The summed E-state index contributed by atoms with van der Waals surface area (Å²) in [5, 5.41) is 0. The van der Waals surface area contributed by atoms with Crippen LogP contribution in [0.25, 0.3) is 0 Å². The fourth-order valence-corrected chi connectivity index (χ4v) is 2.04. The van der Waals surface area contributed by atoms with E-state index in [1.54, 1.807) is 0 Å². The highest BCUT2D eigenvalue weighted by Gasteiger charge is 2.25. The van der Waals surface area contributed by atoms with E-state index >= 15 is 0 Å². The van der Waals surface area contributed by atoms with Gasteiger partial charge in [-0.15, -0.1) is 0 Å². The van der Waals surface area contributed by atoms with Gasteiger partial charge in [0.05, 0.1) is 6.33 Å². The highest BCUT2D eigenvalue weighted by molar-refractivity contribution is 9.10. The molecule has 15 heavy (non-hydrogen) atoms. The van der Waals surface area contributed by atoms with E-state index in [2.05, 4.69) is 37.7 Å². The molecule has 1 aliphatic carbocycles. The molecule has 0 aromatic carbocycles. The first kappa shape index (κ1) is 10.7. The number of hydrogen-bond donors (Lipinski definition) is 1. The van der Waals surface area contributed by atoms with Gasteiger partial charge in [-0.2, -0.15) is 0 Å². The molecule has 1 aromatic heterocycles. The predicted octanol–water partition coefficient (Wildman–Crippen LogP) is 1.77. The summed E-state index contributed by atoms with van der Waals surface area (Å²) in [7, 11) is 0. The molecule has 0 spiro atoms. The van der Waals surface area contributed by atoms with Gasteiger partial charge in [0.15, 0.2) is 0 Å². The summed E-state index contributed by atoms with van der Waals surface area (Å²) in [5.74, 6) is 1.55. The second kappa shape index (κ2) is 4.35. The molecule has 1 heterocycles. The number of nitrogens with one attached hydrogen (secondary N) is 1. The summed E-state index contributed by atoms with van der Waals surface area (Å²) in [6, 6.07) is 0. The first-order valence-electron chi connectivity index (χ1n) is 5.20. The van der Waals surface area contributed by atoms with Crippen molar-refractivity contribution in [3.8, 4) is 0 Å². The lowest BCUT2D eigenvalue weighted by atomic mass is 10.3. The highest BCUT2D eigenvalue weighted by Crippen LogP contribution is 2.31. The number of H-pyrrole nitrogens is 1. The van der Waals surface area contributed by atoms with Crippen molar-refractivity contribution < 1.29 is 0 Å². The summed E-state index contributed by atoms with van der Waals surface area (Å²) in [6.45, 7) is 3.97. The lowest BCUT2D eigenvalue weighted by Crippen LogP contribution is -2.28. The van der Waals surface area contributed by atoms with E-state index in [0.717, 1.165) is 24.8 Å². The molecule has 0 unspecified atom stereocenters. The summed E-state index contributed by atoms with van der Waals surface area (Å²) in [6.07, 6.45) is 4.06. The van der Waals surface area contributed by atoms with E-state index in [4.69, 9.17) is 0 Å². The Morgan fingerprint density at radius 3 is 3.00 bits per heavy atom. The van der Waals surface area contributed by atoms with Crippen LogP contribution in [0.1, 0.15) is 19.8 Å². The average molecular weight is 272 g/mol. The Hall–Kier alpha value is -0.840. The van der Waals surface area contributed by atoms with Crippen LogP contribution >= 0.6 is 15.9 Å². The molecule has 1 aromatic rings. The maximum absolute atomic E-state index is 11.4. The third-order valence-electron chi connectivity index (χ3n) is 2.63. The van der Waals surface area contributed by atoms with Crippen LogP contribution in [0.15, 0.2) is 15.6 Å². The van der Waals surface area contributed by atoms with Crippen LogP contribution in [0.2, 0.25) is 0 Å². The van der Waals surface area contributed by atoms with Gasteiger partial charge in [-0.25, -0.2) is 4.98 Å². The SMILES string of the molecule is CCN(CC1CC1)c1nc[nH]c(=O)c1Br. The minimum atomic E-state index is -0.116. The molecular weight excluding hydrogens is 258 g/mol. The van der Waals surface area contributed by atoms with E-state index in [1.807, 2.05) is 0 Å².